The van der Waals surface area contributed by atoms with Crippen LogP contribution in [0, 0.1) is 21.8 Å². The lowest BCUT2D eigenvalue weighted by Gasteiger charge is -2.35. The quantitative estimate of drug-likeness (QED) is 0.680. The van der Waals surface area contributed by atoms with Gasteiger partial charge in [0.1, 0.15) is 0 Å². The van der Waals surface area contributed by atoms with E-state index < -0.39 is 16.4 Å². The fourth-order valence-electron chi connectivity index (χ4n) is 2.69. The molecule has 0 saturated carbocycles. The summed E-state index contributed by atoms with van der Waals surface area (Å²) in [5.74, 6) is -0.553. The van der Waals surface area contributed by atoms with Crippen molar-refractivity contribution in [2.45, 2.75) is 32.4 Å². The summed E-state index contributed by atoms with van der Waals surface area (Å²) in [5.41, 5.74) is 0.230. The van der Waals surface area contributed by atoms with Gasteiger partial charge in [0, 0.05) is 25.7 Å². The molecule has 1 saturated heterocycles. The van der Waals surface area contributed by atoms with Crippen molar-refractivity contribution >= 4 is 5.69 Å². The summed E-state index contributed by atoms with van der Waals surface area (Å²) in [6, 6.07) is 4.03. The van der Waals surface area contributed by atoms with Gasteiger partial charge in [0.25, 0.3) is 0 Å². The van der Waals surface area contributed by atoms with E-state index >= 15 is 0 Å². The van der Waals surface area contributed by atoms with Crippen molar-refractivity contribution in [3.05, 3.63) is 39.7 Å². The maximum absolute atomic E-state index is 13.6. The molecule has 1 aliphatic heterocycles. The highest BCUT2D eigenvalue weighted by atomic mass is 19.1. The van der Waals surface area contributed by atoms with Gasteiger partial charge in [-0.15, -0.1) is 0 Å². The van der Waals surface area contributed by atoms with Crippen LogP contribution in [0.5, 0.6) is 0 Å². The van der Waals surface area contributed by atoms with Crippen molar-refractivity contribution in [2.24, 2.45) is 5.92 Å². The van der Waals surface area contributed by atoms with Crippen LogP contribution in [-0.2, 0) is 6.54 Å². The molecule has 5 nitrogen and oxygen atoms in total. The van der Waals surface area contributed by atoms with Gasteiger partial charge in [-0.2, -0.15) is 4.39 Å². The minimum absolute atomic E-state index is 0.242. The topological polar surface area (TPSA) is 66.6 Å². The van der Waals surface area contributed by atoms with E-state index in [0.29, 0.717) is 13.0 Å². The number of hydrogen-bond donors (Lipinski definition) is 1. The third-order valence-electron chi connectivity index (χ3n) is 3.92. The van der Waals surface area contributed by atoms with Gasteiger partial charge in [-0.3, -0.25) is 15.0 Å². The van der Waals surface area contributed by atoms with Crippen LogP contribution in [0.1, 0.15) is 25.3 Å². The Morgan fingerprint density at radius 3 is 2.90 bits per heavy atom. The van der Waals surface area contributed by atoms with E-state index in [1.54, 1.807) is 6.07 Å². The highest BCUT2D eigenvalue weighted by Gasteiger charge is 2.26. The maximum atomic E-state index is 13.6. The van der Waals surface area contributed by atoms with Crippen molar-refractivity contribution in [3.63, 3.8) is 0 Å². The van der Waals surface area contributed by atoms with Gasteiger partial charge in [-0.1, -0.05) is 13.0 Å². The molecule has 2 rings (SSSR count). The normalized spacial score (nSPS) is 23.8. The Hall–Kier alpha value is -1.53. The lowest BCUT2D eigenvalue weighted by atomic mass is 9.92. The van der Waals surface area contributed by atoms with E-state index in [-0.39, 0.29) is 12.0 Å². The minimum atomic E-state index is -0.795. The minimum Gasteiger partial charge on any atom is -0.393 e. The first-order chi connectivity index (χ1) is 9.51. The van der Waals surface area contributed by atoms with Crippen LogP contribution in [0.15, 0.2) is 18.2 Å². The Labute approximate surface area is 117 Å². The number of benzene rings is 1. The number of piperidine rings is 1. The highest BCUT2D eigenvalue weighted by Crippen LogP contribution is 2.23. The molecule has 110 valence electrons. The highest BCUT2D eigenvalue weighted by molar-refractivity contribution is 5.35. The Balaban J connectivity index is 2.03. The number of aliphatic hydroxyl groups excluding tert-OH is 1. The Bertz CT molecular complexity index is 495. The first kappa shape index (κ1) is 14.9. The summed E-state index contributed by atoms with van der Waals surface area (Å²) in [5, 5.41) is 20.4. The maximum Gasteiger partial charge on any atom is 0.304 e. The zero-order valence-electron chi connectivity index (χ0n) is 11.5. The predicted molar refractivity (Wildman–Crippen MR) is 72.7 cm³/mol. The van der Waals surface area contributed by atoms with Gasteiger partial charge in [-0.25, -0.2) is 0 Å². The SMILES string of the molecule is CCC1CN(Cc2ccc([N+](=O)[O-])c(F)c2)CCC1O. The van der Waals surface area contributed by atoms with E-state index in [2.05, 4.69) is 4.90 Å². The molecule has 1 fully saturated rings. The first-order valence-electron chi connectivity index (χ1n) is 6.84. The van der Waals surface area contributed by atoms with Crippen LogP contribution >= 0.6 is 0 Å². The van der Waals surface area contributed by atoms with Crippen molar-refractivity contribution in [3.8, 4) is 0 Å². The predicted octanol–water partition coefficient (Wildman–Crippen LogP) is 2.33. The number of nitro benzene ring substituents is 1. The molecular formula is C14H19FN2O3. The lowest BCUT2D eigenvalue weighted by Crippen LogP contribution is -2.42. The number of nitrogens with zero attached hydrogens (tertiary/aromatic N) is 2. The lowest BCUT2D eigenvalue weighted by molar-refractivity contribution is -0.387. The zero-order chi connectivity index (χ0) is 14.7. The third kappa shape index (κ3) is 3.32. The number of aliphatic hydroxyl groups is 1. The van der Waals surface area contributed by atoms with Gasteiger partial charge in [-0.05, 0) is 30.4 Å². The van der Waals surface area contributed by atoms with Gasteiger partial charge in [0.15, 0.2) is 0 Å². The standard InChI is InChI=1S/C14H19FN2O3/c1-2-11-9-16(6-5-14(11)18)8-10-3-4-13(17(19)20)12(15)7-10/h3-4,7,11,14,18H,2,5-6,8-9H2,1H3. The molecule has 2 atom stereocenters. The molecule has 0 amide bonds. The van der Waals surface area contributed by atoms with E-state index in [0.717, 1.165) is 25.1 Å². The smallest absolute Gasteiger partial charge is 0.304 e. The summed E-state index contributed by atoms with van der Waals surface area (Å²) in [7, 11) is 0. The van der Waals surface area contributed by atoms with Crippen molar-refractivity contribution in [1.29, 1.82) is 0 Å². The van der Waals surface area contributed by atoms with Crippen molar-refractivity contribution in [2.75, 3.05) is 13.1 Å². The van der Waals surface area contributed by atoms with Crippen molar-refractivity contribution < 1.29 is 14.4 Å². The second kappa shape index (κ2) is 6.28. The molecular weight excluding hydrogens is 263 g/mol. The summed E-state index contributed by atoms with van der Waals surface area (Å²) in [6.07, 6.45) is 1.37. The molecule has 0 spiro atoms. The van der Waals surface area contributed by atoms with Crippen LogP contribution in [0.4, 0.5) is 10.1 Å². The number of likely N-dealkylation sites (tertiary alicyclic amines) is 1. The summed E-state index contributed by atoms with van der Waals surface area (Å²) in [6.45, 7) is 4.13. The molecule has 20 heavy (non-hydrogen) atoms. The molecule has 1 aliphatic rings. The van der Waals surface area contributed by atoms with Crippen LogP contribution in [-0.4, -0.2) is 34.1 Å². The molecule has 6 heteroatoms. The monoisotopic (exact) mass is 282 g/mol. The molecule has 0 aliphatic carbocycles. The number of hydrogen-bond acceptors (Lipinski definition) is 4. The molecule has 0 bridgehead atoms. The summed E-state index contributed by atoms with van der Waals surface area (Å²) < 4.78 is 13.6. The number of nitro groups is 1. The fraction of sp³-hybridized carbons (Fsp3) is 0.571. The molecule has 1 heterocycles. The Morgan fingerprint density at radius 1 is 1.55 bits per heavy atom. The van der Waals surface area contributed by atoms with Gasteiger partial charge in [0.2, 0.25) is 5.82 Å². The molecule has 0 aromatic heterocycles. The van der Waals surface area contributed by atoms with Gasteiger partial charge < -0.3 is 5.11 Å². The third-order valence-corrected chi connectivity index (χ3v) is 3.92. The van der Waals surface area contributed by atoms with Crippen LogP contribution in [0.25, 0.3) is 0 Å². The Kier molecular flexibility index (Phi) is 4.67. The van der Waals surface area contributed by atoms with Crippen LogP contribution in [0.3, 0.4) is 0 Å². The average Bonchev–Trinajstić information content (AvgIpc) is 2.40. The Morgan fingerprint density at radius 2 is 2.30 bits per heavy atom. The van der Waals surface area contributed by atoms with E-state index in [1.807, 2.05) is 6.92 Å². The fourth-order valence-corrected chi connectivity index (χ4v) is 2.69. The van der Waals surface area contributed by atoms with E-state index in [9.17, 15) is 19.6 Å². The first-order valence-corrected chi connectivity index (χ1v) is 6.84. The van der Waals surface area contributed by atoms with E-state index in [4.69, 9.17) is 0 Å². The molecule has 1 N–H and O–H groups in total. The van der Waals surface area contributed by atoms with Gasteiger partial charge in [0.05, 0.1) is 11.0 Å². The average molecular weight is 282 g/mol. The number of halogens is 1. The summed E-state index contributed by atoms with van der Waals surface area (Å²) >= 11 is 0. The van der Waals surface area contributed by atoms with E-state index in [1.165, 1.54) is 12.1 Å². The van der Waals surface area contributed by atoms with Crippen LogP contribution in [0.2, 0.25) is 0 Å². The summed E-state index contributed by atoms with van der Waals surface area (Å²) in [4.78, 5) is 12.0. The van der Waals surface area contributed by atoms with Crippen molar-refractivity contribution in [1.82, 2.24) is 4.90 Å². The molecule has 2 unspecified atom stereocenters. The largest absolute Gasteiger partial charge is 0.393 e. The second-order valence-electron chi connectivity index (χ2n) is 5.30. The molecule has 0 radical (unpaired) electrons. The van der Waals surface area contributed by atoms with Gasteiger partial charge >= 0.3 is 5.69 Å². The second-order valence-corrected chi connectivity index (χ2v) is 5.30. The number of rotatable bonds is 4. The van der Waals surface area contributed by atoms with Crippen LogP contribution < -0.4 is 0 Å². The molecule has 1 aromatic rings. The zero-order valence-corrected chi connectivity index (χ0v) is 11.5. The molecule has 1 aromatic carbocycles.